The number of benzene rings is 1. The maximum absolute atomic E-state index is 13.3. The van der Waals surface area contributed by atoms with Crippen molar-refractivity contribution in [3.63, 3.8) is 0 Å². The van der Waals surface area contributed by atoms with Crippen LogP contribution in [-0.2, 0) is 11.3 Å². The summed E-state index contributed by atoms with van der Waals surface area (Å²) in [5.74, 6) is 1.43. The van der Waals surface area contributed by atoms with Crippen LogP contribution in [0.1, 0.15) is 37.2 Å². The standard InChI is InChI=1S/C23H31N7O3/c1-3-28-8-10-29(11-9-28)21(22-25-26-27-30(22)15-18-5-4-12-33-18)19-14-16-13-17(32-2)6-7-20(16)24-23(19)31/h6-7,13-14,18,21H,3-5,8-12,15H2,1-2H3,(H,24,31). The molecule has 0 aliphatic carbocycles. The van der Waals surface area contributed by atoms with Gasteiger partial charge in [0, 0.05) is 49.3 Å². The lowest BCUT2D eigenvalue weighted by molar-refractivity contribution is 0.0860. The molecule has 1 N–H and O–H groups in total. The first-order valence-corrected chi connectivity index (χ1v) is 11.7. The second-order valence-corrected chi connectivity index (χ2v) is 8.73. The Balaban J connectivity index is 1.57. The Kier molecular flexibility index (Phi) is 6.39. The molecule has 0 amide bonds. The van der Waals surface area contributed by atoms with Crippen molar-refractivity contribution in [2.45, 2.75) is 38.5 Å². The summed E-state index contributed by atoms with van der Waals surface area (Å²) in [6.45, 7) is 8.12. The number of aromatic amines is 1. The van der Waals surface area contributed by atoms with Crippen LogP contribution >= 0.6 is 0 Å². The summed E-state index contributed by atoms with van der Waals surface area (Å²) >= 11 is 0. The van der Waals surface area contributed by atoms with E-state index >= 15 is 0 Å². The van der Waals surface area contributed by atoms with E-state index < -0.39 is 0 Å². The van der Waals surface area contributed by atoms with Crippen LogP contribution in [0.3, 0.4) is 0 Å². The molecule has 2 aliphatic rings. The average molecular weight is 454 g/mol. The number of tetrazole rings is 1. The number of aromatic nitrogens is 5. The predicted molar refractivity (Wildman–Crippen MR) is 123 cm³/mol. The maximum atomic E-state index is 13.3. The van der Waals surface area contributed by atoms with Gasteiger partial charge >= 0.3 is 0 Å². The summed E-state index contributed by atoms with van der Waals surface area (Å²) in [5.41, 5.74) is 1.30. The lowest BCUT2D eigenvalue weighted by atomic mass is 10.0. The molecule has 33 heavy (non-hydrogen) atoms. The Morgan fingerprint density at radius 2 is 2.09 bits per heavy atom. The molecule has 0 saturated carbocycles. The minimum absolute atomic E-state index is 0.101. The summed E-state index contributed by atoms with van der Waals surface area (Å²) in [5, 5.41) is 13.6. The first-order valence-electron chi connectivity index (χ1n) is 11.7. The van der Waals surface area contributed by atoms with Gasteiger partial charge in [0.15, 0.2) is 5.82 Å². The molecule has 0 radical (unpaired) electrons. The third-order valence-electron chi connectivity index (χ3n) is 6.80. The summed E-state index contributed by atoms with van der Waals surface area (Å²) < 4.78 is 13.1. The second kappa shape index (κ2) is 9.58. The summed E-state index contributed by atoms with van der Waals surface area (Å²) in [4.78, 5) is 21.1. The van der Waals surface area contributed by atoms with E-state index in [0.29, 0.717) is 17.9 Å². The molecule has 3 aromatic rings. The van der Waals surface area contributed by atoms with Crippen molar-refractivity contribution in [3.05, 3.63) is 46.0 Å². The van der Waals surface area contributed by atoms with Gasteiger partial charge in [-0.15, -0.1) is 5.10 Å². The van der Waals surface area contributed by atoms with Crippen LogP contribution in [0.25, 0.3) is 10.9 Å². The first-order chi connectivity index (χ1) is 16.2. The van der Waals surface area contributed by atoms with Crippen LogP contribution in [0.2, 0.25) is 0 Å². The van der Waals surface area contributed by atoms with Gasteiger partial charge in [-0.25, -0.2) is 4.68 Å². The highest BCUT2D eigenvalue weighted by atomic mass is 16.5. The molecule has 2 aromatic heterocycles. The van der Waals surface area contributed by atoms with E-state index in [-0.39, 0.29) is 17.7 Å². The third-order valence-corrected chi connectivity index (χ3v) is 6.80. The number of methoxy groups -OCH3 is 1. The molecule has 2 unspecified atom stereocenters. The lowest BCUT2D eigenvalue weighted by Crippen LogP contribution is -2.49. The van der Waals surface area contributed by atoms with E-state index in [2.05, 4.69) is 37.2 Å². The van der Waals surface area contributed by atoms with E-state index in [9.17, 15) is 4.79 Å². The van der Waals surface area contributed by atoms with Crippen molar-refractivity contribution in [1.82, 2.24) is 35.0 Å². The van der Waals surface area contributed by atoms with E-state index in [1.54, 1.807) is 7.11 Å². The fourth-order valence-corrected chi connectivity index (χ4v) is 4.89. The Morgan fingerprint density at radius 3 is 2.82 bits per heavy atom. The summed E-state index contributed by atoms with van der Waals surface area (Å²) in [6.07, 6.45) is 2.15. The van der Waals surface area contributed by atoms with Gasteiger partial charge in [0.1, 0.15) is 11.8 Å². The van der Waals surface area contributed by atoms with Crippen molar-refractivity contribution in [2.75, 3.05) is 46.4 Å². The van der Waals surface area contributed by atoms with Gasteiger partial charge in [-0.1, -0.05) is 6.92 Å². The predicted octanol–water partition coefficient (Wildman–Crippen LogP) is 1.43. The lowest BCUT2D eigenvalue weighted by Gasteiger charge is -2.38. The molecule has 10 nitrogen and oxygen atoms in total. The van der Waals surface area contributed by atoms with Crippen LogP contribution < -0.4 is 10.3 Å². The fraction of sp³-hybridized carbons (Fsp3) is 0.565. The van der Waals surface area contributed by atoms with E-state index in [1.165, 1.54) is 0 Å². The number of H-pyrrole nitrogens is 1. The van der Waals surface area contributed by atoms with Crippen molar-refractivity contribution in [1.29, 1.82) is 0 Å². The average Bonchev–Trinajstić information content (AvgIpc) is 3.53. The Hall–Kier alpha value is -2.82. The number of piperazine rings is 1. The number of fused-ring (bicyclic) bond motifs is 1. The Labute approximate surface area is 192 Å². The summed E-state index contributed by atoms with van der Waals surface area (Å²) in [7, 11) is 1.64. The third kappa shape index (κ3) is 4.50. The van der Waals surface area contributed by atoms with Gasteiger partial charge in [0.05, 0.1) is 19.8 Å². The van der Waals surface area contributed by atoms with Crippen LogP contribution in [0, 0.1) is 0 Å². The number of ether oxygens (including phenoxy) is 2. The number of hydrogen-bond acceptors (Lipinski definition) is 8. The molecule has 2 aliphatic heterocycles. The minimum Gasteiger partial charge on any atom is -0.497 e. The molecule has 4 heterocycles. The van der Waals surface area contributed by atoms with Gasteiger partial charge in [-0.05, 0) is 54.1 Å². The highest BCUT2D eigenvalue weighted by Crippen LogP contribution is 2.29. The Bertz CT molecular complexity index is 1150. The molecule has 1 aromatic carbocycles. The molecule has 2 saturated heterocycles. The second-order valence-electron chi connectivity index (χ2n) is 8.73. The van der Waals surface area contributed by atoms with Gasteiger partial charge in [0.25, 0.3) is 5.56 Å². The minimum atomic E-state index is -0.347. The molecule has 5 rings (SSSR count). The molecule has 2 atom stereocenters. The van der Waals surface area contributed by atoms with Crippen LogP contribution in [0.15, 0.2) is 29.1 Å². The SMILES string of the molecule is CCN1CCN(C(c2cc3cc(OC)ccc3[nH]c2=O)c2nnnn2CC2CCCO2)CC1. The van der Waals surface area contributed by atoms with Gasteiger partial charge < -0.3 is 19.4 Å². The van der Waals surface area contributed by atoms with Crippen LogP contribution in [0.4, 0.5) is 0 Å². The topological polar surface area (TPSA) is 101 Å². The number of hydrogen-bond donors (Lipinski definition) is 1. The molecule has 2 fully saturated rings. The zero-order chi connectivity index (χ0) is 22.8. The molecule has 176 valence electrons. The van der Waals surface area contributed by atoms with Crippen molar-refractivity contribution in [3.8, 4) is 5.75 Å². The van der Waals surface area contributed by atoms with Crippen molar-refractivity contribution in [2.24, 2.45) is 0 Å². The quantitative estimate of drug-likeness (QED) is 0.573. The number of nitrogens with one attached hydrogen (secondary N) is 1. The van der Waals surface area contributed by atoms with E-state index in [4.69, 9.17) is 9.47 Å². The maximum Gasteiger partial charge on any atom is 0.253 e. The largest absolute Gasteiger partial charge is 0.497 e. The van der Waals surface area contributed by atoms with Gasteiger partial charge in [-0.3, -0.25) is 9.69 Å². The highest BCUT2D eigenvalue weighted by molar-refractivity contribution is 5.80. The molecular weight excluding hydrogens is 422 g/mol. The summed E-state index contributed by atoms with van der Waals surface area (Å²) in [6, 6.07) is 7.27. The van der Waals surface area contributed by atoms with Crippen molar-refractivity contribution >= 4 is 10.9 Å². The van der Waals surface area contributed by atoms with Gasteiger partial charge in [-0.2, -0.15) is 0 Å². The molecule has 10 heteroatoms. The monoisotopic (exact) mass is 453 g/mol. The van der Waals surface area contributed by atoms with Crippen molar-refractivity contribution < 1.29 is 9.47 Å². The molecule has 0 spiro atoms. The number of likely N-dealkylation sites (N-methyl/N-ethyl adjacent to an activating group) is 1. The van der Waals surface area contributed by atoms with E-state index in [1.807, 2.05) is 28.9 Å². The molecule has 0 bridgehead atoms. The fourth-order valence-electron chi connectivity index (χ4n) is 4.89. The van der Waals surface area contributed by atoms with Gasteiger partial charge in [0.2, 0.25) is 0 Å². The normalized spacial score (nSPS) is 21.0. The van der Waals surface area contributed by atoms with Crippen LogP contribution in [0.5, 0.6) is 5.75 Å². The first kappa shape index (κ1) is 22.0. The smallest absolute Gasteiger partial charge is 0.253 e. The molecular formula is C23H31N7O3. The van der Waals surface area contributed by atoms with E-state index in [0.717, 1.165) is 68.8 Å². The van der Waals surface area contributed by atoms with Crippen LogP contribution in [-0.4, -0.2) is 87.5 Å². The number of rotatable bonds is 7. The zero-order valence-electron chi connectivity index (χ0n) is 19.2. The highest BCUT2D eigenvalue weighted by Gasteiger charge is 2.33. The number of nitrogens with zero attached hydrogens (tertiary/aromatic N) is 6. The zero-order valence-corrected chi connectivity index (χ0v) is 19.2. The number of pyridine rings is 1. The Morgan fingerprint density at radius 1 is 1.24 bits per heavy atom.